The molecule has 0 aliphatic rings. The van der Waals surface area contributed by atoms with E-state index in [1.807, 2.05) is 0 Å². The number of rotatable bonds is 8. The molecule has 0 unspecified atom stereocenters. The van der Waals surface area contributed by atoms with Crippen LogP contribution in [-0.4, -0.2) is 46.6 Å². The fraction of sp³-hybridized carbons (Fsp3) is 0.500. The summed E-state index contributed by atoms with van der Waals surface area (Å²) in [4.78, 5) is 30.5. The molecule has 0 saturated heterocycles. The van der Waals surface area contributed by atoms with Crippen LogP contribution in [0.15, 0.2) is 28.8 Å². The fourth-order valence-electron chi connectivity index (χ4n) is 2.62. The summed E-state index contributed by atoms with van der Waals surface area (Å²) in [6.45, 7) is 11.0. The number of hydrogen-bond acceptors (Lipinski definition) is 6. The highest BCUT2D eigenvalue weighted by Crippen LogP contribution is 2.18. The van der Waals surface area contributed by atoms with Crippen LogP contribution >= 0.6 is 0 Å². The lowest BCUT2D eigenvalue weighted by molar-refractivity contribution is -0.135. The number of esters is 1. The van der Waals surface area contributed by atoms with Crippen molar-refractivity contribution in [3.8, 4) is 11.5 Å². The van der Waals surface area contributed by atoms with Gasteiger partial charge in [-0.1, -0.05) is 32.9 Å². The summed E-state index contributed by atoms with van der Waals surface area (Å²) in [7, 11) is 0. The smallest absolute Gasteiger partial charge is 0.338 e. The van der Waals surface area contributed by atoms with Crippen LogP contribution in [0.25, 0.3) is 11.5 Å². The topological polar surface area (TPSA) is 85.5 Å². The predicted octanol–water partition coefficient (Wildman–Crippen LogP) is 3.34. The second kappa shape index (κ2) is 9.30. The Morgan fingerprint density at radius 3 is 2.15 bits per heavy atom. The SMILES string of the molecule is Cc1noc(-c2ccc(C(=O)OCC(=O)N(CC(C)C)CC(C)C)cc2)n1. The summed E-state index contributed by atoms with van der Waals surface area (Å²) in [6, 6.07) is 6.63. The first-order chi connectivity index (χ1) is 12.8. The van der Waals surface area contributed by atoms with Gasteiger partial charge in [-0.05, 0) is 43.0 Å². The van der Waals surface area contributed by atoms with Crippen molar-refractivity contribution in [3.63, 3.8) is 0 Å². The van der Waals surface area contributed by atoms with Crippen LogP contribution in [0.2, 0.25) is 0 Å². The molecule has 2 aromatic rings. The molecule has 0 N–H and O–H groups in total. The number of nitrogens with zero attached hydrogens (tertiary/aromatic N) is 3. The van der Waals surface area contributed by atoms with E-state index in [9.17, 15) is 9.59 Å². The Kier molecular flexibility index (Phi) is 7.10. The molecule has 7 nitrogen and oxygen atoms in total. The third-order valence-corrected chi connectivity index (χ3v) is 3.75. The van der Waals surface area contributed by atoms with Gasteiger partial charge in [0.2, 0.25) is 0 Å². The zero-order valence-electron chi connectivity index (χ0n) is 16.6. The number of aromatic nitrogens is 2. The number of carbonyl (C=O) groups is 2. The minimum atomic E-state index is -0.536. The third kappa shape index (κ3) is 6.20. The minimum absolute atomic E-state index is 0.177. The highest BCUT2D eigenvalue weighted by atomic mass is 16.5. The van der Waals surface area contributed by atoms with Crippen molar-refractivity contribution < 1.29 is 18.8 Å². The van der Waals surface area contributed by atoms with Crippen molar-refractivity contribution in [2.45, 2.75) is 34.6 Å². The summed E-state index contributed by atoms with van der Waals surface area (Å²) in [5, 5.41) is 3.74. The molecule has 7 heteroatoms. The Balaban J connectivity index is 1.94. The summed E-state index contributed by atoms with van der Waals surface area (Å²) in [5.74, 6) is 0.919. The molecule has 1 heterocycles. The van der Waals surface area contributed by atoms with E-state index in [1.54, 1.807) is 36.1 Å². The molecule has 2 rings (SSSR count). The van der Waals surface area contributed by atoms with Gasteiger partial charge in [-0.2, -0.15) is 4.98 Å². The van der Waals surface area contributed by atoms with Crippen LogP contribution in [0.3, 0.4) is 0 Å². The zero-order valence-corrected chi connectivity index (χ0v) is 16.6. The first-order valence-corrected chi connectivity index (χ1v) is 9.12. The van der Waals surface area contributed by atoms with E-state index in [2.05, 4.69) is 37.8 Å². The Morgan fingerprint density at radius 2 is 1.67 bits per heavy atom. The van der Waals surface area contributed by atoms with Gasteiger partial charge >= 0.3 is 5.97 Å². The lowest BCUT2D eigenvalue weighted by Crippen LogP contribution is -2.39. The molecular weight excluding hydrogens is 346 g/mol. The summed E-state index contributed by atoms with van der Waals surface area (Å²) >= 11 is 0. The van der Waals surface area contributed by atoms with Gasteiger partial charge in [0.25, 0.3) is 11.8 Å². The van der Waals surface area contributed by atoms with Crippen molar-refractivity contribution >= 4 is 11.9 Å². The standard InChI is InChI=1S/C20H27N3O4/c1-13(2)10-23(11-14(3)4)18(24)12-26-20(25)17-8-6-16(7-9-17)19-21-15(5)22-27-19/h6-9,13-14H,10-12H2,1-5H3. The molecule has 27 heavy (non-hydrogen) atoms. The number of aryl methyl sites for hydroxylation is 1. The predicted molar refractivity (Wildman–Crippen MR) is 101 cm³/mol. The van der Waals surface area contributed by atoms with Crippen molar-refractivity contribution in [3.05, 3.63) is 35.7 Å². The van der Waals surface area contributed by atoms with Crippen LogP contribution in [-0.2, 0) is 9.53 Å². The van der Waals surface area contributed by atoms with Gasteiger partial charge in [-0.3, -0.25) is 4.79 Å². The maximum Gasteiger partial charge on any atom is 0.338 e. The van der Waals surface area contributed by atoms with Gasteiger partial charge in [-0.25, -0.2) is 4.79 Å². The first kappa shape index (κ1) is 20.6. The fourth-order valence-corrected chi connectivity index (χ4v) is 2.62. The minimum Gasteiger partial charge on any atom is -0.452 e. The maximum absolute atomic E-state index is 12.4. The van der Waals surface area contributed by atoms with E-state index in [4.69, 9.17) is 9.26 Å². The Labute approximate surface area is 159 Å². The van der Waals surface area contributed by atoms with Crippen LogP contribution < -0.4 is 0 Å². The van der Waals surface area contributed by atoms with Crippen LogP contribution in [0.5, 0.6) is 0 Å². The highest BCUT2D eigenvalue weighted by molar-refractivity contribution is 5.91. The molecule has 0 atom stereocenters. The van der Waals surface area contributed by atoms with Gasteiger partial charge in [0.05, 0.1) is 5.56 Å². The Hall–Kier alpha value is -2.70. The van der Waals surface area contributed by atoms with Gasteiger partial charge in [0, 0.05) is 18.7 Å². The monoisotopic (exact) mass is 373 g/mol. The van der Waals surface area contributed by atoms with E-state index in [0.717, 1.165) is 0 Å². The van der Waals surface area contributed by atoms with Crippen LogP contribution in [0, 0.1) is 18.8 Å². The quantitative estimate of drug-likeness (QED) is 0.660. The summed E-state index contributed by atoms with van der Waals surface area (Å²) in [6.07, 6.45) is 0. The number of hydrogen-bond donors (Lipinski definition) is 0. The first-order valence-electron chi connectivity index (χ1n) is 9.12. The summed E-state index contributed by atoms with van der Waals surface area (Å²) in [5.41, 5.74) is 1.07. The van der Waals surface area contributed by atoms with E-state index in [1.165, 1.54) is 0 Å². The van der Waals surface area contributed by atoms with Crippen molar-refractivity contribution in [1.82, 2.24) is 15.0 Å². The summed E-state index contributed by atoms with van der Waals surface area (Å²) < 4.78 is 10.3. The average molecular weight is 373 g/mol. The molecular formula is C20H27N3O4. The average Bonchev–Trinajstić information content (AvgIpc) is 3.04. The third-order valence-electron chi connectivity index (χ3n) is 3.75. The van der Waals surface area contributed by atoms with Crippen LogP contribution in [0.1, 0.15) is 43.9 Å². The molecule has 0 spiro atoms. The number of ether oxygens (including phenoxy) is 1. The second-order valence-electron chi connectivity index (χ2n) is 7.39. The molecule has 0 aliphatic carbocycles. The van der Waals surface area contributed by atoms with Crippen molar-refractivity contribution in [2.75, 3.05) is 19.7 Å². The Morgan fingerprint density at radius 1 is 1.07 bits per heavy atom. The highest BCUT2D eigenvalue weighted by Gasteiger charge is 2.18. The number of amides is 1. The van der Waals surface area contributed by atoms with Gasteiger partial charge in [0.1, 0.15) is 0 Å². The molecule has 146 valence electrons. The molecule has 0 radical (unpaired) electrons. The molecule has 1 aromatic carbocycles. The normalized spacial score (nSPS) is 11.1. The molecule has 0 bridgehead atoms. The molecule has 0 aliphatic heterocycles. The lowest BCUT2D eigenvalue weighted by atomic mass is 10.1. The number of benzene rings is 1. The van der Waals surface area contributed by atoms with Gasteiger partial charge in [-0.15, -0.1) is 0 Å². The van der Waals surface area contributed by atoms with Gasteiger partial charge < -0.3 is 14.2 Å². The number of carbonyl (C=O) groups excluding carboxylic acids is 2. The molecule has 1 amide bonds. The second-order valence-corrected chi connectivity index (χ2v) is 7.39. The van der Waals surface area contributed by atoms with E-state index < -0.39 is 5.97 Å². The van der Waals surface area contributed by atoms with Crippen LogP contribution in [0.4, 0.5) is 0 Å². The van der Waals surface area contributed by atoms with Gasteiger partial charge in [0.15, 0.2) is 12.4 Å². The van der Waals surface area contributed by atoms with Crippen molar-refractivity contribution in [1.29, 1.82) is 0 Å². The molecule has 0 fully saturated rings. The van der Waals surface area contributed by atoms with E-state index in [-0.39, 0.29) is 12.5 Å². The maximum atomic E-state index is 12.4. The molecule has 1 aromatic heterocycles. The largest absolute Gasteiger partial charge is 0.452 e. The van der Waals surface area contributed by atoms with E-state index >= 15 is 0 Å². The van der Waals surface area contributed by atoms with E-state index in [0.29, 0.717) is 47.8 Å². The lowest BCUT2D eigenvalue weighted by Gasteiger charge is -2.26. The van der Waals surface area contributed by atoms with Crippen molar-refractivity contribution in [2.24, 2.45) is 11.8 Å². The zero-order chi connectivity index (χ0) is 20.0. The molecule has 0 saturated carbocycles. The Bertz CT molecular complexity index is 756.